The summed E-state index contributed by atoms with van der Waals surface area (Å²) in [6.45, 7) is 3.42. The Kier molecular flexibility index (Phi) is 7.55. The van der Waals surface area contributed by atoms with Crippen molar-refractivity contribution in [2.75, 3.05) is 25.3 Å². The standard InChI is InChI=1S/C20H23NO5S/c1-13(2)26-16-10-9-14(11-17(16)24-3)20(23)25-12-19(22)21-15-7-5-6-8-18(15)27-4/h5-11,13H,12H2,1-4H3,(H,21,22). The summed E-state index contributed by atoms with van der Waals surface area (Å²) in [5, 5.41) is 2.74. The number of amides is 1. The molecule has 6 nitrogen and oxygen atoms in total. The molecule has 0 radical (unpaired) electrons. The molecule has 0 atom stereocenters. The van der Waals surface area contributed by atoms with Gasteiger partial charge in [-0.25, -0.2) is 4.79 Å². The van der Waals surface area contributed by atoms with Gasteiger partial charge in [-0.05, 0) is 50.4 Å². The zero-order valence-electron chi connectivity index (χ0n) is 15.8. The van der Waals surface area contributed by atoms with E-state index in [0.717, 1.165) is 4.90 Å². The second-order valence-corrected chi connectivity index (χ2v) is 6.70. The van der Waals surface area contributed by atoms with Crippen molar-refractivity contribution >= 4 is 29.3 Å². The van der Waals surface area contributed by atoms with Crippen molar-refractivity contribution in [1.29, 1.82) is 0 Å². The number of thioether (sulfide) groups is 1. The van der Waals surface area contributed by atoms with Gasteiger partial charge >= 0.3 is 5.97 Å². The number of benzene rings is 2. The lowest BCUT2D eigenvalue weighted by atomic mass is 10.2. The Morgan fingerprint density at radius 1 is 1.11 bits per heavy atom. The van der Waals surface area contributed by atoms with Crippen LogP contribution in [0.4, 0.5) is 5.69 Å². The molecule has 0 saturated carbocycles. The smallest absolute Gasteiger partial charge is 0.338 e. The minimum absolute atomic E-state index is 0.0236. The third-order valence-electron chi connectivity index (χ3n) is 3.48. The first-order valence-electron chi connectivity index (χ1n) is 8.39. The summed E-state index contributed by atoms with van der Waals surface area (Å²) in [7, 11) is 1.49. The molecular formula is C20H23NO5S. The molecule has 0 aromatic heterocycles. The number of carbonyl (C=O) groups excluding carboxylic acids is 2. The van der Waals surface area contributed by atoms with Crippen LogP contribution >= 0.6 is 11.8 Å². The van der Waals surface area contributed by atoms with Crippen LogP contribution < -0.4 is 14.8 Å². The van der Waals surface area contributed by atoms with E-state index >= 15 is 0 Å². The van der Waals surface area contributed by atoms with Gasteiger partial charge in [0.05, 0.1) is 24.5 Å². The van der Waals surface area contributed by atoms with Crippen molar-refractivity contribution < 1.29 is 23.8 Å². The van der Waals surface area contributed by atoms with Crippen LogP contribution in [0, 0.1) is 0 Å². The third kappa shape index (κ3) is 5.92. The van der Waals surface area contributed by atoms with Crippen LogP contribution in [0.2, 0.25) is 0 Å². The number of para-hydroxylation sites is 1. The normalized spacial score (nSPS) is 10.4. The van der Waals surface area contributed by atoms with E-state index in [1.54, 1.807) is 18.2 Å². The molecule has 144 valence electrons. The number of anilines is 1. The molecule has 0 aliphatic rings. The Morgan fingerprint density at radius 3 is 2.52 bits per heavy atom. The SMILES string of the molecule is COc1cc(C(=O)OCC(=O)Nc2ccccc2SC)ccc1OC(C)C. The average molecular weight is 389 g/mol. The summed E-state index contributed by atoms with van der Waals surface area (Å²) in [5.74, 6) is -0.0544. The number of methoxy groups -OCH3 is 1. The molecule has 7 heteroatoms. The third-order valence-corrected chi connectivity index (χ3v) is 4.27. The molecule has 0 bridgehead atoms. The van der Waals surface area contributed by atoms with E-state index in [2.05, 4.69) is 5.32 Å². The van der Waals surface area contributed by atoms with Crippen LogP contribution in [0.3, 0.4) is 0 Å². The van der Waals surface area contributed by atoms with Gasteiger partial charge in [0.1, 0.15) is 0 Å². The molecular weight excluding hydrogens is 366 g/mol. The van der Waals surface area contributed by atoms with Crippen molar-refractivity contribution in [2.24, 2.45) is 0 Å². The van der Waals surface area contributed by atoms with E-state index in [4.69, 9.17) is 14.2 Å². The highest BCUT2D eigenvalue weighted by Gasteiger charge is 2.15. The van der Waals surface area contributed by atoms with Crippen LogP contribution in [0.25, 0.3) is 0 Å². The quantitative estimate of drug-likeness (QED) is 0.543. The van der Waals surface area contributed by atoms with Gasteiger partial charge in [0.2, 0.25) is 0 Å². The van der Waals surface area contributed by atoms with Crippen molar-refractivity contribution in [3.63, 3.8) is 0 Å². The van der Waals surface area contributed by atoms with Crippen LogP contribution in [0.1, 0.15) is 24.2 Å². The van der Waals surface area contributed by atoms with E-state index in [1.165, 1.54) is 24.9 Å². The van der Waals surface area contributed by atoms with Crippen molar-refractivity contribution in [3.8, 4) is 11.5 Å². The lowest BCUT2D eigenvalue weighted by molar-refractivity contribution is -0.119. The zero-order chi connectivity index (χ0) is 19.8. The first-order valence-corrected chi connectivity index (χ1v) is 9.61. The average Bonchev–Trinajstić information content (AvgIpc) is 2.66. The van der Waals surface area contributed by atoms with E-state index in [9.17, 15) is 9.59 Å². The molecule has 2 aromatic carbocycles. The maximum Gasteiger partial charge on any atom is 0.338 e. The molecule has 0 unspecified atom stereocenters. The second-order valence-electron chi connectivity index (χ2n) is 5.86. The van der Waals surface area contributed by atoms with Crippen molar-refractivity contribution in [3.05, 3.63) is 48.0 Å². The highest BCUT2D eigenvalue weighted by atomic mass is 32.2. The minimum atomic E-state index is -0.613. The lowest BCUT2D eigenvalue weighted by Crippen LogP contribution is -2.21. The Hall–Kier alpha value is -2.67. The number of carbonyl (C=O) groups is 2. The fraction of sp³-hybridized carbons (Fsp3) is 0.300. The Balaban J connectivity index is 1.97. The number of rotatable bonds is 8. The van der Waals surface area contributed by atoms with E-state index in [1.807, 2.05) is 38.3 Å². The van der Waals surface area contributed by atoms with E-state index < -0.39 is 11.9 Å². The first-order chi connectivity index (χ1) is 12.9. The van der Waals surface area contributed by atoms with Gasteiger partial charge in [0, 0.05) is 4.90 Å². The molecule has 0 spiro atoms. The molecule has 0 aliphatic carbocycles. The van der Waals surface area contributed by atoms with Gasteiger partial charge in [-0.3, -0.25) is 4.79 Å². The van der Waals surface area contributed by atoms with Crippen LogP contribution in [0.15, 0.2) is 47.4 Å². The van der Waals surface area contributed by atoms with Crippen molar-refractivity contribution in [2.45, 2.75) is 24.8 Å². The van der Waals surface area contributed by atoms with Crippen LogP contribution in [-0.2, 0) is 9.53 Å². The number of ether oxygens (including phenoxy) is 3. The summed E-state index contributed by atoms with van der Waals surface area (Å²) in [6.07, 6.45) is 1.90. The fourth-order valence-corrected chi connectivity index (χ4v) is 2.85. The molecule has 2 aromatic rings. The largest absolute Gasteiger partial charge is 0.493 e. The monoisotopic (exact) mass is 389 g/mol. The summed E-state index contributed by atoms with van der Waals surface area (Å²) in [4.78, 5) is 25.2. The molecule has 27 heavy (non-hydrogen) atoms. The maximum absolute atomic E-state index is 12.2. The zero-order valence-corrected chi connectivity index (χ0v) is 16.6. The Labute approximate surface area is 163 Å². The summed E-state index contributed by atoms with van der Waals surface area (Å²) in [6, 6.07) is 12.2. The second kappa shape index (κ2) is 9.87. The van der Waals surface area contributed by atoms with Gasteiger partial charge in [0.25, 0.3) is 5.91 Å². The first kappa shape index (κ1) is 20.6. The topological polar surface area (TPSA) is 73.9 Å². The predicted octanol–water partition coefficient (Wildman–Crippen LogP) is 4.00. The highest BCUT2D eigenvalue weighted by Crippen LogP contribution is 2.29. The number of hydrogen-bond acceptors (Lipinski definition) is 6. The molecule has 1 amide bonds. The van der Waals surface area contributed by atoms with Crippen LogP contribution in [-0.4, -0.2) is 38.0 Å². The molecule has 0 aliphatic heterocycles. The van der Waals surface area contributed by atoms with E-state index in [0.29, 0.717) is 17.2 Å². The number of esters is 1. The maximum atomic E-state index is 12.2. The van der Waals surface area contributed by atoms with Gasteiger partial charge in [-0.2, -0.15) is 0 Å². The van der Waals surface area contributed by atoms with Crippen molar-refractivity contribution in [1.82, 2.24) is 0 Å². The molecule has 0 heterocycles. The summed E-state index contributed by atoms with van der Waals surface area (Å²) < 4.78 is 16.0. The summed E-state index contributed by atoms with van der Waals surface area (Å²) >= 11 is 1.52. The molecule has 0 saturated heterocycles. The fourth-order valence-electron chi connectivity index (χ4n) is 2.29. The van der Waals surface area contributed by atoms with Crippen LogP contribution in [0.5, 0.6) is 11.5 Å². The molecule has 1 N–H and O–H groups in total. The number of hydrogen-bond donors (Lipinski definition) is 1. The summed E-state index contributed by atoms with van der Waals surface area (Å²) in [5.41, 5.74) is 0.961. The van der Waals surface area contributed by atoms with Gasteiger partial charge in [-0.1, -0.05) is 12.1 Å². The van der Waals surface area contributed by atoms with Gasteiger partial charge in [0.15, 0.2) is 18.1 Å². The van der Waals surface area contributed by atoms with E-state index in [-0.39, 0.29) is 18.3 Å². The Bertz CT molecular complexity index is 807. The van der Waals surface area contributed by atoms with Gasteiger partial charge in [-0.15, -0.1) is 11.8 Å². The van der Waals surface area contributed by atoms with Gasteiger partial charge < -0.3 is 19.5 Å². The predicted molar refractivity (Wildman–Crippen MR) is 106 cm³/mol. The lowest BCUT2D eigenvalue weighted by Gasteiger charge is -2.14. The Morgan fingerprint density at radius 2 is 1.85 bits per heavy atom. The molecule has 2 rings (SSSR count). The number of nitrogens with one attached hydrogen (secondary N) is 1. The highest BCUT2D eigenvalue weighted by molar-refractivity contribution is 7.98. The minimum Gasteiger partial charge on any atom is -0.493 e. The molecule has 0 fully saturated rings.